The van der Waals surface area contributed by atoms with Gasteiger partial charge in [0.2, 0.25) is 0 Å². The molecular weight excluding hydrogens is 230 g/mol. The lowest BCUT2D eigenvalue weighted by Crippen LogP contribution is -2.51. The van der Waals surface area contributed by atoms with Gasteiger partial charge in [-0.2, -0.15) is 0 Å². The quantitative estimate of drug-likeness (QED) is 0.730. The van der Waals surface area contributed by atoms with Crippen LogP contribution in [0.3, 0.4) is 0 Å². The molecule has 2 atom stereocenters. The highest BCUT2D eigenvalue weighted by molar-refractivity contribution is 5.28. The predicted octanol–water partition coefficient (Wildman–Crippen LogP) is 3.45. The van der Waals surface area contributed by atoms with Gasteiger partial charge in [0.15, 0.2) is 0 Å². The first-order valence-electron chi connectivity index (χ1n) is 7.56. The SMILES string of the molecule is C#CCN1CC[C@]2(c3ccccc3)CCCC[C@@H]2C1. The number of likely N-dealkylation sites (tertiary alicyclic amines) is 1. The minimum absolute atomic E-state index is 0.435. The Labute approximate surface area is 117 Å². The van der Waals surface area contributed by atoms with Crippen molar-refractivity contribution in [2.75, 3.05) is 19.6 Å². The Bertz CT molecular complexity index is 458. The van der Waals surface area contributed by atoms with Crippen molar-refractivity contribution in [1.82, 2.24) is 4.90 Å². The van der Waals surface area contributed by atoms with Crippen LogP contribution in [0.4, 0.5) is 0 Å². The van der Waals surface area contributed by atoms with Gasteiger partial charge in [-0.05, 0) is 37.3 Å². The Kier molecular flexibility index (Phi) is 3.62. The van der Waals surface area contributed by atoms with Crippen LogP contribution in [0, 0.1) is 18.3 Å². The Hall–Kier alpha value is -1.26. The van der Waals surface area contributed by atoms with Gasteiger partial charge in [0, 0.05) is 12.0 Å². The van der Waals surface area contributed by atoms with E-state index in [-0.39, 0.29) is 0 Å². The molecule has 0 amide bonds. The number of terminal acetylenes is 1. The van der Waals surface area contributed by atoms with Crippen LogP contribution in [0.15, 0.2) is 30.3 Å². The van der Waals surface area contributed by atoms with Gasteiger partial charge in [0.1, 0.15) is 0 Å². The fourth-order valence-electron chi connectivity index (χ4n) is 4.23. The summed E-state index contributed by atoms with van der Waals surface area (Å²) in [5.74, 6) is 3.61. The second-order valence-corrected chi connectivity index (χ2v) is 6.15. The maximum absolute atomic E-state index is 5.48. The summed E-state index contributed by atoms with van der Waals surface area (Å²) in [6.07, 6.45) is 12.3. The fourth-order valence-corrected chi connectivity index (χ4v) is 4.23. The second-order valence-electron chi connectivity index (χ2n) is 6.15. The summed E-state index contributed by atoms with van der Waals surface area (Å²) < 4.78 is 0. The van der Waals surface area contributed by atoms with Gasteiger partial charge in [0.25, 0.3) is 0 Å². The van der Waals surface area contributed by atoms with Crippen molar-refractivity contribution in [1.29, 1.82) is 0 Å². The van der Waals surface area contributed by atoms with Crippen molar-refractivity contribution in [3.63, 3.8) is 0 Å². The maximum atomic E-state index is 5.48. The van der Waals surface area contributed by atoms with Crippen molar-refractivity contribution in [3.05, 3.63) is 35.9 Å². The van der Waals surface area contributed by atoms with E-state index in [2.05, 4.69) is 41.2 Å². The van der Waals surface area contributed by atoms with E-state index in [1.807, 2.05) is 0 Å². The molecule has 1 aromatic rings. The van der Waals surface area contributed by atoms with Crippen molar-refractivity contribution in [2.24, 2.45) is 5.92 Å². The Morgan fingerprint density at radius 2 is 2.05 bits per heavy atom. The van der Waals surface area contributed by atoms with Gasteiger partial charge in [0.05, 0.1) is 6.54 Å². The van der Waals surface area contributed by atoms with Crippen LogP contribution < -0.4 is 0 Å². The van der Waals surface area contributed by atoms with E-state index in [1.54, 1.807) is 5.56 Å². The first-order chi connectivity index (χ1) is 9.35. The zero-order chi connectivity index (χ0) is 13.1. The molecule has 0 aromatic heterocycles. The molecule has 0 radical (unpaired) electrons. The minimum Gasteiger partial charge on any atom is -0.292 e. The van der Waals surface area contributed by atoms with E-state index in [1.165, 1.54) is 38.6 Å². The molecule has 0 spiro atoms. The Balaban J connectivity index is 1.88. The molecule has 1 saturated heterocycles. The molecule has 100 valence electrons. The smallest absolute Gasteiger partial charge is 0.0599 e. The minimum atomic E-state index is 0.435. The average Bonchev–Trinajstić information content (AvgIpc) is 2.48. The first-order valence-corrected chi connectivity index (χ1v) is 7.56. The van der Waals surface area contributed by atoms with Gasteiger partial charge in [-0.3, -0.25) is 4.90 Å². The molecule has 0 bridgehead atoms. The van der Waals surface area contributed by atoms with E-state index >= 15 is 0 Å². The summed E-state index contributed by atoms with van der Waals surface area (Å²) >= 11 is 0. The maximum Gasteiger partial charge on any atom is 0.0599 e. The molecule has 1 aliphatic carbocycles. The van der Waals surface area contributed by atoms with Crippen LogP contribution >= 0.6 is 0 Å². The summed E-state index contributed by atoms with van der Waals surface area (Å²) in [5, 5.41) is 0. The normalized spacial score (nSPS) is 31.4. The summed E-state index contributed by atoms with van der Waals surface area (Å²) in [5.41, 5.74) is 2.00. The topological polar surface area (TPSA) is 3.24 Å². The van der Waals surface area contributed by atoms with Crippen LogP contribution in [-0.4, -0.2) is 24.5 Å². The number of hydrogen-bond donors (Lipinski definition) is 0. The summed E-state index contributed by atoms with van der Waals surface area (Å²) in [4.78, 5) is 2.47. The molecule has 1 heteroatoms. The molecule has 0 N–H and O–H groups in total. The molecule has 1 aromatic carbocycles. The first kappa shape index (κ1) is 12.8. The zero-order valence-corrected chi connectivity index (χ0v) is 11.6. The average molecular weight is 253 g/mol. The van der Waals surface area contributed by atoms with Crippen molar-refractivity contribution in [3.8, 4) is 12.3 Å². The van der Waals surface area contributed by atoms with Gasteiger partial charge >= 0.3 is 0 Å². The largest absolute Gasteiger partial charge is 0.292 e. The highest BCUT2D eigenvalue weighted by Gasteiger charge is 2.44. The molecule has 1 nitrogen and oxygen atoms in total. The summed E-state index contributed by atoms with van der Waals surface area (Å²) in [6.45, 7) is 3.18. The van der Waals surface area contributed by atoms with E-state index < -0.39 is 0 Å². The monoisotopic (exact) mass is 253 g/mol. The fraction of sp³-hybridized carbons (Fsp3) is 0.556. The molecular formula is C18H23N. The Morgan fingerprint density at radius 3 is 2.84 bits per heavy atom. The third-order valence-corrected chi connectivity index (χ3v) is 5.22. The molecule has 1 heterocycles. The number of fused-ring (bicyclic) bond motifs is 1. The lowest BCUT2D eigenvalue weighted by molar-refractivity contribution is 0.0639. The molecule has 2 aliphatic rings. The summed E-state index contributed by atoms with van der Waals surface area (Å²) in [6, 6.07) is 11.2. The van der Waals surface area contributed by atoms with E-state index in [0.29, 0.717) is 5.41 Å². The van der Waals surface area contributed by atoms with Crippen LogP contribution in [0.25, 0.3) is 0 Å². The third kappa shape index (κ3) is 2.30. The predicted molar refractivity (Wildman–Crippen MR) is 80.0 cm³/mol. The zero-order valence-electron chi connectivity index (χ0n) is 11.6. The molecule has 2 fully saturated rings. The van der Waals surface area contributed by atoms with E-state index in [0.717, 1.165) is 19.0 Å². The Morgan fingerprint density at radius 1 is 1.21 bits per heavy atom. The highest BCUT2D eigenvalue weighted by Crippen LogP contribution is 2.48. The van der Waals surface area contributed by atoms with Crippen molar-refractivity contribution < 1.29 is 0 Å². The third-order valence-electron chi connectivity index (χ3n) is 5.22. The lowest BCUT2D eigenvalue weighted by atomic mass is 9.59. The van der Waals surface area contributed by atoms with Crippen LogP contribution in [0.5, 0.6) is 0 Å². The molecule has 1 saturated carbocycles. The highest BCUT2D eigenvalue weighted by atomic mass is 15.1. The van der Waals surface area contributed by atoms with Gasteiger partial charge in [-0.1, -0.05) is 49.1 Å². The second kappa shape index (κ2) is 5.39. The number of benzene rings is 1. The van der Waals surface area contributed by atoms with Gasteiger partial charge < -0.3 is 0 Å². The van der Waals surface area contributed by atoms with Crippen LogP contribution in [-0.2, 0) is 5.41 Å². The van der Waals surface area contributed by atoms with Gasteiger partial charge in [-0.15, -0.1) is 6.42 Å². The number of nitrogens with zero attached hydrogens (tertiary/aromatic N) is 1. The molecule has 1 aliphatic heterocycles. The van der Waals surface area contributed by atoms with Crippen LogP contribution in [0.2, 0.25) is 0 Å². The number of rotatable bonds is 2. The van der Waals surface area contributed by atoms with Crippen molar-refractivity contribution in [2.45, 2.75) is 37.5 Å². The molecule has 3 rings (SSSR count). The van der Waals surface area contributed by atoms with E-state index in [4.69, 9.17) is 6.42 Å². The lowest BCUT2D eigenvalue weighted by Gasteiger charge is -2.51. The van der Waals surface area contributed by atoms with Gasteiger partial charge in [-0.25, -0.2) is 0 Å². The number of piperidine rings is 1. The van der Waals surface area contributed by atoms with E-state index in [9.17, 15) is 0 Å². The standard InChI is InChI=1S/C18H23N/c1-2-13-19-14-12-18(16-8-4-3-5-9-16)11-7-6-10-17(18)15-19/h1,3-5,8-9,17H,6-7,10-15H2/t17-,18+/m1/s1. The van der Waals surface area contributed by atoms with Crippen LogP contribution in [0.1, 0.15) is 37.7 Å². The molecule has 0 unspecified atom stereocenters. The molecule has 19 heavy (non-hydrogen) atoms. The van der Waals surface area contributed by atoms with Crippen molar-refractivity contribution >= 4 is 0 Å². The number of hydrogen-bond acceptors (Lipinski definition) is 1. The summed E-state index contributed by atoms with van der Waals surface area (Å²) in [7, 11) is 0.